The van der Waals surface area contributed by atoms with Crippen LogP contribution in [0.4, 0.5) is 0 Å². The molecule has 0 radical (unpaired) electrons. The van der Waals surface area contributed by atoms with Crippen molar-refractivity contribution < 1.29 is 53.7 Å². The van der Waals surface area contributed by atoms with E-state index in [1.807, 2.05) is 24.3 Å². The van der Waals surface area contributed by atoms with Crippen molar-refractivity contribution in [2.24, 2.45) is 10.9 Å². The third-order valence-electron chi connectivity index (χ3n) is 16.2. The van der Waals surface area contributed by atoms with Crippen LogP contribution in [0.1, 0.15) is 106 Å². The van der Waals surface area contributed by atoms with Crippen molar-refractivity contribution in [1.29, 1.82) is 0 Å². The fraction of sp³-hybridized carbons (Fsp3) is 0.455. The number of phenolic OH excluding ortho intramolecular Hbond substituents is 1. The van der Waals surface area contributed by atoms with Crippen molar-refractivity contribution >= 4 is 34.8 Å². The molecule has 1 amide bonds. The van der Waals surface area contributed by atoms with E-state index >= 15 is 4.79 Å². The molecule has 69 heavy (non-hydrogen) atoms. The Morgan fingerprint density at radius 1 is 1.07 bits per heavy atom. The summed E-state index contributed by atoms with van der Waals surface area (Å²) in [6.07, 6.45) is 16.5. The van der Waals surface area contributed by atoms with Gasteiger partial charge in [0.05, 0.1) is 55.2 Å². The number of phenols is 1. The third kappa shape index (κ3) is 7.31. The SMILES string of the molecule is COc1cc2c3c(c4c(O)c2c2c1C=CC(C1=C5[CH+]C(CNC6CCCC6)=CC=C5N=C1)OCC1OC(O2)C(O)(CO)C(OC#CCc2cccc5c2CN(CC4=O)C5=O)C1O)C1CCCC1CC3. The van der Waals surface area contributed by atoms with Gasteiger partial charge in [-0.1, -0.05) is 37.3 Å². The molecule has 0 aromatic heterocycles. The number of Topliss-reactive ketones (excluding diaryl/α,β-unsaturated/α-hetero) is 1. The van der Waals surface area contributed by atoms with E-state index < -0.39 is 48.7 Å². The van der Waals surface area contributed by atoms with Crippen LogP contribution in [-0.4, -0.2) is 119 Å². The Hall–Kier alpha value is -5.92. The van der Waals surface area contributed by atoms with Gasteiger partial charge >= 0.3 is 0 Å². The number of fused-ring (bicyclic) bond motifs is 10. The normalized spacial score (nSPS) is 30.2. The largest absolute Gasteiger partial charge is 0.506 e. The van der Waals surface area contributed by atoms with Gasteiger partial charge < -0.3 is 54.3 Å². The summed E-state index contributed by atoms with van der Waals surface area (Å²) in [6, 6.07) is 7.72. The molecule has 356 valence electrons. The number of ketones is 1. The third-order valence-corrected chi connectivity index (χ3v) is 16.2. The van der Waals surface area contributed by atoms with Crippen molar-refractivity contribution in [3.63, 3.8) is 0 Å². The second-order valence-electron chi connectivity index (χ2n) is 20.0. The molecule has 5 heterocycles. The Morgan fingerprint density at radius 3 is 2.78 bits per heavy atom. The van der Waals surface area contributed by atoms with Gasteiger partial charge in [-0.3, -0.25) is 9.59 Å². The summed E-state index contributed by atoms with van der Waals surface area (Å²) in [5, 5.41) is 53.5. The van der Waals surface area contributed by atoms with Crippen LogP contribution in [-0.2, 0) is 33.6 Å². The first-order valence-corrected chi connectivity index (χ1v) is 24.5. The smallest absolute Gasteiger partial charge is 0.254 e. The zero-order valence-electron chi connectivity index (χ0n) is 38.5. The average Bonchev–Trinajstić information content (AvgIpc) is 4.19. The van der Waals surface area contributed by atoms with E-state index in [-0.39, 0.29) is 60.4 Å². The Labute approximate surface area is 400 Å². The monoisotopic (exact) mass is 934 g/mol. The number of ether oxygens (including phenoxy) is 5. The zero-order chi connectivity index (χ0) is 47.1. The number of aryl methyl sites for hydroxylation is 1. The summed E-state index contributed by atoms with van der Waals surface area (Å²) in [5.74, 6) is 2.66. The number of rotatable bonds is 6. The molecular formula is C55H56N3O11+. The first-order valence-electron chi connectivity index (χ1n) is 24.5. The molecule has 14 heteroatoms. The predicted molar refractivity (Wildman–Crippen MR) is 255 cm³/mol. The molecule has 8 unspecified atom stereocenters. The lowest BCUT2D eigenvalue weighted by Crippen LogP contribution is -2.70. The van der Waals surface area contributed by atoms with Gasteiger partial charge in [-0.05, 0) is 102 Å². The number of aliphatic hydroxyl groups is 3. The molecule has 9 aliphatic rings. The predicted octanol–water partition coefficient (Wildman–Crippen LogP) is 5.67. The quantitative estimate of drug-likeness (QED) is 0.151. The Bertz CT molecular complexity index is 2900. The molecule has 3 fully saturated rings. The van der Waals surface area contributed by atoms with Gasteiger partial charge in [0.2, 0.25) is 6.29 Å². The Kier molecular flexibility index (Phi) is 11.2. The van der Waals surface area contributed by atoms with Crippen molar-refractivity contribution in [2.75, 3.05) is 33.4 Å². The molecule has 2 saturated carbocycles. The number of nitrogens with one attached hydrogen (secondary N) is 1. The number of hydrogen-bond donors (Lipinski definition) is 5. The van der Waals surface area contributed by atoms with Crippen LogP contribution in [0.25, 0.3) is 16.8 Å². The fourth-order valence-corrected chi connectivity index (χ4v) is 12.6. The van der Waals surface area contributed by atoms with Crippen molar-refractivity contribution in [3.8, 4) is 29.3 Å². The summed E-state index contributed by atoms with van der Waals surface area (Å²) < 4.78 is 32.4. The van der Waals surface area contributed by atoms with Crippen molar-refractivity contribution in [3.05, 3.63) is 110 Å². The van der Waals surface area contributed by atoms with E-state index in [1.54, 1.807) is 24.4 Å². The number of carbonyl (C=O) groups is 2. The maximum Gasteiger partial charge on any atom is 0.254 e. The molecule has 12 rings (SSSR count). The number of methoxy groups -OCH3 is 1. The zero-order valence-corrected chi connectivity index (χ0v) is 38.5. The lowest BCUT2D eigenvalue weighted by atomic mass is 9.72. The van der Waals surface area contributed by atoms with Crippen LogP contribution in [0.3, 0.4) is 0 Å². The van der Waals surface area contributed by atoms with Crippen LogP contribution >= 0.6 is 0 Å². The van der Waals surface area contributed by atoms with E-state index in [0.717, 1.165) is 83.2 Å². The van der Waals surface area contributed by atoms with Crippen LogP contribution in [0, 0.1) is 24.4 Å². The summed E-state index contributed by atoms with van der Waals surface area (Å²) in [4.78, 5) is 35.6. The molecule has 3 aromatic carbocycles. The summed E-state index contributed by atoms with van der Waals surface area (Å²) in [7, 11) is 1.54. The molecule has 5 N–H and O–H groups in total. The van der Waals surface area contributed by atoms with Gasteiger partial charge in [0, 0.05) is 55.3 Å². The van der Waals surface area contributed by atoms with Gasteiger partial charge in [-0.2, -0.15) is 4.99 Å². The molecule has 5 aliphatic heterocycles. The van der Waals surface area contributed by atoms with Gasteiger partial charge in [0.25, 0.3) is 5.91 Å². The number of nitrogens with zero attached hydrogens (tertiary/aromatic N) is 2. The summed E-state index contributed by atoms with van der Waals surface area (Å²) >= 11 is 0. The summed E-state index contributed by atoms with van der Waals surface area (Å²) in [6.45, 7) is -0.632. The molecule has 4 aliphatic carbocycles. The molecular weight excluding hydrogens is 879 g/mol. The maximum atomic E-state index is 15.2. The molecule has 8 bridgehead atoms. The van der Waals surface area contributed by atoms with Gasteiger partial charge in [0.15, 0.2) is 23.2 Å². The molecule has 1 saturated heterocycles. The number of aromatic hydroxyl groups is 1. The fourth-order valence-electron chi connectivity index (χ4n) is 12.6. The highest BCUT2D eigenvalue weighted by molar-refractivity contribution is 6.13. The van der Waals surface area contributed by atoms with E-state index in [4.69, 9.17) is 28.7 Å². The number of amides is 1. The lowest BCUT2D eigenvalue weighted by molar-refractivity contribution is -0.327. The van der Waals surface area contributed by atoms with Gasteiger partial charge in [-0.25, -0.2) is 0 Å². The first-order chi connectivity index (χ1) is 33.6. The number of aliphatic hydroxyl groups excluding tert-OH is 2. The number of allylic oxidation sites excluding steroid dienone is 3. The number of benzene rings is 3. The minimum atomic E-state index is -2.45. The Balaban J connectivity index is 1.06. The minimum absolute atomic E-state index is 0.00201. The second-order valence-corrected chi connectivity index (χ2v) is 20.0. The Morgan fingerprint density at radius 2 is 1.94 bits per heavy atom. The van der Waals surface area contributed by atoms with E-state index in [0.29, 0.717) is 47.2 Å². The van der Waals surface area contributed by atoms with E-state index in [2.05, 4.69) is 29.8 Å². The average molecular weight is 935 g/mol. The topological polar surface area (TPSA) is 189 Å². The van der Waals surface area contributed by atoms with Crippen LogP contribution < -0.4 is 14.8 Å². The van der Waals surface area contributed by atoms with Crippen LogP contribution in [0.15, 0.2) is 69.9 Å². The number of carbonyl (C=O) groups excluding carboxylic acids is 2. The standard InChI is InChI=1S/C55H55N3O11/c1-65-44-22-38-34-16-15-31-8-4-12-33(31)46(34)48-42(60)26-58-25-40-30(7-5-13-35(40)53(58)63)9-6-20-66-52-49(61)45-27-67-43(19-17-36(44)51(47(38)50(48)62)69-54(68-45)55(52,64)28-59)39-24-57-41-18-14-29(21-37(39)41)23-56-32-10-2-3-11-32/h5,7,13-14,17-19,21-22,24,31-33,43,45,49,52,54,56,59,61,64H,2-4,8-12,15-16,23,25-28H2,1H3/p+1. The maximum absolute atomic E-state index is 15.2. The van der Waals surface area contributed by atoms with Crippen molar-refractivity contribution in [2.45, 2.75) is 119 Å². The van der Waals surface area contributed by atoms with Crippen LogP contribution in [0.2, 0.25) is 0 Å². The molecule has 14 nitrogen and oxygen atoms in total. The lowest BCUT2D eigenvalue weighted by Gasteiger charge is -2.47. The first kappa shape index (κ1) is 44.3. The molecule has 8 atom stereocenters. The molecule has 3 aromatic rings. The highest BCUT2D eigenvalue weighted by Gasteiger charge is 2.59. The highest BCUT2D eigenvalue weighted by atomic mass is 16.7. The second kappa shape index (κ2) is 17.5. The van der Waals surface area contributed by atoms with E-state index in [9.17, 15) is 25.2 Å². The van der Waals surface area contributed by atoms with Gasteiger partial charge in [0.1, 0.15) is 47.2 Å². The highest BCUT2D eigenvalue weighted by Crippen LogP contribution is 2.56. The number of hydrogen-bond acceptors (Lipinski definition) is 13. The molecule has 0 spiro atoms. The summed E-state index contributed by atoms with van der Waals surface area (Å²) in [5.41, 5.74) is 5.15. The minimum Gasteiger partial charge on any atom is -0.506 e. The van der Waals surface area contributed by atoms with E-state index in [1.165, 1.54) is 24.9 Å². The van der Waals surface area contributed by atoms with Crippen LogP contribution in [0.5, 0.6) is 17.2 Å². The van der Waals surface area contributed by atoms with Crippen molar-refractivity contribution in [1.82, 2.24) is 10.2 Å². The van der Waals surface area contributed by atoms with Gasteiger partial charge in [-0.15, -0.1) is 0 Å². The number of aliphatic imine (C=N–C) groups is 1.